The molecule has 0 aliphatic heterocycles. The number of hydrogen-bond acceptors (Lipinski definition) is 5. The molecule has 0 aromatic heterocycles. The minimum absolute atomic E-state index is 0.0244. The van der Waals surface area contributed by atoms with Gasteiger partial charge in [-0.15, -0.1) is 0 Å². The third-order valence-electron chi connectivity index (χ3n) is 3.70. The Morgan fingerprint density at radius 1 is 1.17 bits per heavy atom. The smallest absolute Gasteiger partial charge is 0.341 e. The second-order valence-electron chi connectivity index (χ2n) is 5.26. The van der Waals surface area contributed by atoms with Crippen LogP contribution >= 0.6 is 0 Å². The molecule has 2 rings (SSSR count). The number of ether oxygens (including phenoxy) is 1. The van der Waals surface area contributed by atoms with Crippen molar-refractivity contribution < 1.29 is 23.1 Å². The normalized spacial score (nSPS) is 11.2. The van der Waals surface area contributed by atoms with E-state index in [1.54, 1.807) is 38.1 Å². The quantitative estimate of drug-likeness (QED) is 0.776. The number of anilines is 1. The highest BCUT2D eigenvalue weighted by Gasteiger charge is 2.16. The number of nitrogens with two attached hydrogens (primary N) is 1. The van der Waals surface area contributed by atoms with Gasteiger partial charge in [0.2, 0.25) is 0 Å². The minimum atomic E-state index is -3.28. The summed E-state index contributed by atoms with van der Waals surface area (Å²) in [6.45, 7) is 2.91. The zero-order valence-electron chi connectivity index (χ0n) is 13.4. The van der Waals surface area contributed by atoms with Gasteiger partial charge in [0.1, 0.15) is 5.75 Å². The van der Waals surface area contributed by atoms with Crippen molar-refractivity contribution in [3.05, 3.63) is 42.0 Å². The Kier molecular flexibility index (Phi) is 5.14. The molecule has 128 valence electrons. The lowest BCUT2D eigenvalue weighted by molar-refractivity contribution is -0.139. The van der Waals surface area contributed by atoms with Gasteiger partial charge in [-0.25, -0.2) is 13.2 Å². The van der Waals surface area contributed by atoms with Crippen molar-refractivity contribution in [3.8, 4) is 16.9 Å². The lowest BCUT2D eigenvalue weighted by Gasteiger charge is -2.15. The lowest BCUT2D eigenvalue weighted by atomic mass is 9.98. The molecule has 0 atom stereocenters. The van der Waals surface area contributed by atoms with Gasteiger partial charge in [0.05, 0.1) is 10.6 Å². The molecule has 3 N–H and O–H groups in total. The molecule has 0 fully saturated rings. The highest BCUT2D eigenvalue weighted by Crippen LogP contribution is 2.36. The number of aliphatic carboxylic acids is 1. The molecule has 0 spiro atoms. The maximum atomic E-state index is 11.9. The summed E-state index contributed by atoms with van der Waals surface area (Å²) < 4.78 is 29.1. The van der Waals surface area contributed by atoms with Gasteiger partial charge in [-0.1, -0.05) is 19.1 Å². The highest BCUT2D eigenvalue weighted by atomic mass is 32.2. The summed E-state index contributed by atoms with van der Waals surface area (Å²) in [7, 11) is -3.28. The maximum Gasteiger partial charge on any atom is 0.341 e. The van der Waals surface area contributed by atoms with E-state index < -0.39 is 22.4 Å². The number of nitrogen functional groups attached to an aromatic ring is 1. The molecular formula is C17H19NO5S. The van der Waals surface area contributed by atoms with Crippen molar-refractivity contribution in [1.29, 1.82) is 0 Å². The molecule has 0 saturated heterocycles. The number of carboxylic acid groups (broad SMARTS) is 1. The fourth-order valence-electron chi connectivity index (χ4n) is 2.32. The molecule has 0 amide bonds. The summed E-state index contributed by atoms with van der Waals surface area (Å²) >= 11 is 0. The highest BCUT2D eigenvalue weighted by molar-refractivity contribution is 7.91. The fourth-order valence-corrected chi connectivity index (χ4v) is 3.20. The molecule has 24 heavy (non-hydrogen) atoms. The first-order valence-corrected chi connectivity index (χ1v) is 8.98. The zero-order chi connectivity index (χ0) is 17.9. The van der Waals surface area contributed by atoms with Crippen LogP contribution in [-0.2, 0) is 14.6 Å². The number of sulfone groups is 1. The van der Waals surface area contributed by atoms with E-state index in [4.69, 9.17) is 15.6 Å². The Bertz CT molecular complexity index is 857. The Balaban J connectivity index is 2.50. The van der Waals surface area contributed by atoms with E-state index in [0.29, 0.717) is 22.6 Å². The van der Waals surface area contributed by atoms with Crippen molar-refractivity contribution in [3.63, 3.8) is 0 Å². The van der Waals surface area contributed by atoms with E-state index >= 15 is 0 Å². The Labute approximate surface area is 140 Å². The van der Waals surface area contributed by atoms with E-state index in [2.05, 4.69) is 0 Å². The monoisotopic (exact) mass is 349 g/mol. The third-order valence-corrected chi connectivity index (χ3v) is 5.45. The number of benzene rings is 2. The van der Waals surface area contributed by atoms with E-state index in [-0.39, 0.29) is 10.6 Å². The van der Waals surface area contributed by atoms with Gasteiger partial charge < -0.3 is 15.6 Å². The molecule has 2 aromatic carbocycles. The van der Waals surface area contributed by atoms with Gasteiger partial charge in [-0.3, -0.25) is 0 Å². The number of hydrogen-bond donors (Lipinski definition) is 2. The van der Waals surface area contributed by atoms with Crippen molar-refractivity contribution >= 4 is 21.5 Å². The van der Waals surface area contributed by atoms with Crippen LogP contribution in [0.25, 0.3) is 11.1 Å². The summed E-state index contributed by atoms with van der Waals surface area (Å²) in [5.74, 6) is -0.675. The Morgan fingerprint density at radius 3 is 2.33 bits per heavy atom. The zero-order valence-corrected chi connectivity index (χ0v) is 14.3. The largest absolute Gasteiger partial charge is 0.481 e. The predicted molar refractivity (Wildman–Crippen MR) is 91.9 cm³/mol. The van der Waals surface area contributed by atoms with Crippen LogP contribution in [-0.4, -0.2) is 31.9 Å². The van der Waals surface area contributed by atoms with Crippen molar-refractivity contribution in [2.75, 3.05) is 18.1 Å². The maximum absolute atomic E-state index is 11.9. The summed E-state index contributed by atoms with van der Waals surface area (Å²) in [6.07, 6.45) is 0. The molecule has 0 aliphatic carbocycles. The van der Waals surface area contributed by atoms with Crippen molar-refractivity contribution in [1.82, 2.24) is 0 Å². The van der Waals surface area contributed by atoms with Gasteiger partial charge in [0, 0.05) is 11.3 Å². The van der Waals surface area contributed by atoms with Crippen LogP contribution < -0.4 is 10.5 Å². The molecule has 7 heteroatoms. The Hall–Kier alpha value is -2.54. The minimum Gasteiger partial charge on any atom is -0.481 e. The van der Waals surface area contributed by atoms with E-state index in [1.807, 2.05) is 0 Å². The summed E-state index contributed by atoms with van der Waals surface area (Å²) in [5.41, 5.74) is 8.57. The number of carboxylic acids is 1. The molecule has 0 saturated carbocycles. The number of carbonyl (C=O) groups is 1. The second-order valence-corrected chi connectivity index (χ2v) is 7.54. The third kappa shape index (κ3) is 3.68. The van der Waals surface area contributed by atoms with Gasteiger partial charge in [0.25, 0.3) is 0 Å². The summed E-state index contributed by atoms with van der Waals surface area (Å²) in [6, 6.07) is 9.63. The molecule has 0 radical (unpaired) electrons. The standard InChI is InChI=1S/C17H19NO5S/c1-3-24(21,22)13-6-4-12(5-7-13)17-11(2)14(18)8-9-15(17)23-10-16(19)20/h4-9H,3,10,18H2,1-2H3,(H,19,20). The van der Waals surface area contributed by atoms with Crippen LogP contribution in [0.2, 0.25) is 0 Å². The summed E-state index contributed by atoms with van der Waals surface area (Å²) in [4.78, 5) is 11.0. The van der Waals surface area contributed by atoms with E-state index in [0.717, 1.165) is 5.56 Å². The topological polar surface area (TPSA) is 107 Å². The first-order valence-electron chi connectivity index (χ1n) is 7.33. The molecular weight excluding hydrogens is 330 g/mol. The first kappa shape index (κ1) is 17.8. The van der Waals surface area contributed by atoms with Crippen molar-refractivity contribution in [2.45, 2.75) is 18.7 Å². The van der Waals surface area contributed by atoms with Gasteiger partial charge in [0.15, 0.2) is 16.4 Å². The Morgan fingerprint density at radius 2 is 1.79 bits per heavy atom. The average molecular weight is 349 g/mol. The number of rotatable bonds is 6. The van der Waals surface area contributed by atoms with Crippen molar-refractivity contribution in [2.24, 2.45) is 0 Å². The van der Waals surface area contributed by atoms with Gasteiger partial charge >= 0.3 is 5.97 Å². The van der Waals surface area contributed by atoms with Crippen LogP contribution in [0, 0.1) is 6.92 Å². The van der Waals surface area contributed by atoms with E-state index in [9.17, 15) is 13.2 Å². The molecule has 0 unspecified atom stereocenters. The van der Waals surface area contributed by atoms with Crippen LogP contribution in [0.1, 0.15) is 12.5 Å². The SMILES string of the molecule is CCS(=O)(=O)c1ccc(-c2c(OCC(=O)O)ccc(N)c2C)cc1. The first-order chi connectivity index (χ1) is 11.3. The molecule has 2 aromatic rings. The van der Waals surface area contributed by atoms with Crippen LogP contribution in [0.4, 0.5) is 5.69 Å². The van der Waals surface area contributed by atoms with Crippen LogP contribution in [0.3, 0.4) is 0 Å². The predicted octanol–water partition coefficient (Wildman–Crippen LogP) is 2.50. The van der Waals surface area contributed by atoms with Crippen LogP contribution in [0.5, 0.6) is 5.75 Å². The second kappa shape index (κ2) is 6.92. The van der Waals surface area contributed by atoms with E-state index in [1.165, 1.54) is 12.1 Å². The molecule has 0 heterocycles. The average Bonchev–Trinajstić information content (AvgIpc) is 2.56. The van der Waals surface area contributed by atoms with Crippen LogP contribution in [0.15, 0.2) is 41.3 Å². The fraction of sp³-hybridized carbons (Fsp3) is 0.235. The van der Waals surface area contributed by atoms with Gasteiger partial charge in [-0.05, 0) is 42.3 Å². The summed E-state index contributed by atoms with van der Waals surface area (Å²) in [5, 5.41) is 8.80. The molecule has 0 aliphatic rings. The molecule has 0 bridgehead atoms. The molecule has 6 nitrogen and oxygen atoms in total. The lowest BCUT2D eigenvalue weighted by Crippen LogP contribution is -2.10. The van der Waals surface area contributed by atoms with Gasteiger partial charge in [-0.2, -0.15) is 0 Å².